The van der Waals surface area contributed by atoms with Crippen molar-refractivity contribution < 1.29 is 19.4 Å². The zero-order valence-corrected chi connectivity index (χ0v) is 7.19. The molecule has 0 saturated heterocycles. The number of aldehydes is 1. The first kappa shape index (κ1) is 9.54. The van der Waals surface area contributed by atoms with E-state index in [0.717, 1.165) is 0 Å². The molecule has 4 nitrogen and oxygen atoms in total. The highest BCUT2D eigenvalue weighted by atomic mass is 16.7. The number of carbonyl (C=O) groups excluding carboxylic acids is 1. The number of phenolic OH excluding ortho intramolecular Hbond substituents is 1. The van der Waals surface area contributed by atoms with Crippen LogP contribution in [0.25, 0.3) is 0 Å². The third kappa shape index (κ3) is 2.45. The van der Waals surface area contributed by atoms with E-state index in [9.17, 15) is 4.79 Å². The molecule has 0 aliphatic carbocycles. The average molecular weight is 182 g/mol. The van der Waals surface area contributed by atoms with Crippen LogP contribution in [-0.2, 0) is 4.74 Å². The molecule has 1 rings (SSSR count). The summed E-state index contributed by atoms with van der Waals surface area (Å²) in [4.78, 5) is 10.4. The fraction of sp³-hybridized carbons (Fsp3) is 0.222. The summed E-state index contributed by atoms with van der Waals surface area (Å²) < 4.78 is 9.74. The fourth-order valence-corrected chi connectivity index (χ4v) is 0.844. The molecule has 0 atom stereocenters. The summed E-state index contributed by atoms with van der Waals surface area (Å²) in [5.74, 6) is 0.432. The number of carbonyl (C=O) groups is 1. The van der Waals surface area contributed by atoms with Crippen LogP contribution in [-0.4, -0.2) is 25.3 Å². The van der Waals surface area contributed by atoms with E-state index in [0.29, 0.717) is 12.0 Å². The third-order valence-corrected chi connectivity index (χ3v) is 1.47. The van der Waals surface area contributed by atoms with Crippen LogP contribution in [0.15, 0.2) is 18.2 Å². The summed E-state index contributed by atoms with van der Waals surface area (Å²) in [6.45, 7) is 0.114. The van der Waals surface area contributed by atoms with Gasteiger partial charge in [0.2, 0.25) is 0 Å². The highest BCUT2D eigenvalue weighted by Crippen LogP contribution is 2.21. The molecule has 0 unspecified atom stereocenters. The molecule has 0 aliphatic rings. The minimum absolute atomic E-state index is 0.0558. The predicted molar refractivity (Wildman–Crippen MR) is 46.0 cm³/mol. The van der Waals surface area contributed by atoms with Gasteiger partial charge in [0.1, 0.15) is 11.5 Å². The summed E-state index contributed by atoms with van der Waals surface area (Å²) in [6.07, 6.45) is 0.564. The zero-order chi connectivity index (χ0) is 9.68. The normalized spacial score (nSPS) is 9.62. The molecule has 0 heterocycles. The molecule has 0 aliphatic heterocycles. The van der Waals surface area contributed by atoms with E-state index < -0.39 is 0 Å². The van der Waals surface area contributed by atoms with Gasteiger partial charge in [0.25, 0.3) is 0 Å². The molecular weight excluding hydrogens is 172 g/mol. The Balaban J connectivity index is 2.80. The molecular formula is C9H10O4. The van der Waals surface area contributed by atoms with Crippen LogP contribution >= 0.6 is 0 Å². The maximum Gasteiger partial charge on any atom is 0.188 e. The summed E-state index contributed by atoms with van der Waals surface area (Å²) in [7, 11) is 1.50. The second-order valence-corrected chi connectivity index (χ2v) is 2.39. The van der Waals surface area contributed by atoms with Crippen LogP contribution in [0.1, 0.15) is 10.4 Å². The van der Waals surface area contributed by atoms with Crippen LogP contribution in [0.2, 0.25) is 0 Å². The van der Waals surface area contributed by atoms with Gasteiger partial charge in [0, 0.05) is 7.11 Å². The van der Waals surface area contributed by atoms with Crippen molar-refractivity contribution in [1.29, 1.82) is 0 Å². The molecule has 1 aromatic carbocycles. The SMILES string of the molecule is COCOc1ccc(O)c(C=O)c1. The molecule has 0 radical (unpaired) electrons. The van der Waals surface area contributed by atoms with Gasteiger partial charge in [-0.25, -0.2) is 0 Å². The number of rotatable bonds is 4. The standard InChI is InChI=1S/C9H10O4/c1-12-6-13-8-2-3-9(11)7(4-8)5-10/h2-5,11H,6H2,1H3. The van der Waals surface area contributed by atoms with E-state index in [4.69, 9.17) is 9.84 Å². The van der Waals surface area contributed by atoms with Crippen molar-refractivity contribution in [2.24, 2.45) is 0 Å². The Morgan fingerprint density at radius 1 is 1.54 bits per heavy atom. The predicted octanol–water partition coefficient (Wildman–Crippen LogP) is 1.19. The van der Waals surface area contributed by atoms with Crippen LogP contribution in [0.4, 0.5) is 0 Å². The topological polar surface area (TPSA) is 55.8 Å². The highest BCUT2D eigenvalue weighted by molar-refractivity contribution is 5.79. The van der Waals surface area contributed by atoms with Crippen molar-refractivity contribution in [1.82, 2.24) is 0 Å². The lowest BCUT2D eigenvalue weighted by Gasteiger charge is -2.05. The van der Waals surface area contributed by atoms with Crippen molar-refractivity contribution in [2.75, 3.05) is 13.9 Å². The third-order valence-electron chi connectivity index (χ3n) is 1.47. The average Bonchev–Trinajstić information content (AvgIpc) is 2.16. The van der Waals surface area contributed by atoms with Crippen LogP contribution in [0.5, 0.6) is 11.5 Å². The Bertz CT molecular complexity index is 296. The molecule has 70 valence electrons. The lowest BCUT2D eigenvalue weighted by atomic mass is 10.2. The Labute approximate surface area is 75.7 Å². The lowest BCUT2D eigenvalue weighted by Crippen LogP contribution is -1.99. The Hall–Kier alpha value is -1.55. The Morgan fingerprint density at radius 3 is 2.92 bits per heavy atom. The Kier molecular flexibility index (Phi) is 3.28. The molecule has 0 fully saturated rings. The van der Waals surface area contributed by atoms with E-state index in [1.54, 1.807) is 6.07 Å². The smallest absolute Gasteiger partial charge is 0.188 e. The largest absolute Gasteiger partial charge is 0.507 e. The van der Waals surface area contributed by atoms with Gasteiger partial charge in [-0.1, -0.05) is 0 Å². The van der Waals surface area contributed by atoms with E-state index in [-0.39, 0.29) is 18.1 Å². The molecule has 0 bridgehead atoms. The van der Waals surface area contributed by atoms with Crippen LogP contribution < -0.4 is 4.74 Å². The summed E-state index contributed by atoms with van der Waals surface area (Å²) >= 11 is 0. The van der Waals surface area contributed by atoms with Crippen molar-refractivity contribution in [2.45, 2.75) is 0 Å². The monoisotopic (exact) mass is 182 g/mol. The molecule has 1 N–H and O–H groups in total. The minimum atomic E-state index is -0.0558. The van der Waals surface area contributed by atoms with Crippen molar-refractivity contribution >= 4 is 6.29 Å². The molecule has 0 aromatic heterocycles. The van der Waals surface area contributed by atoms with Gasteiger partial charge in [-0.15, -0.1) is 0 Å². The van der Waals surface area contributed by atoms with Gasteiger partial charge < -0.3 is 14.6 Å². The number of hydrogen-bond acceptors (Lipinski definition) is 4. The first-order chi connectivity index (χ1) is 6.27. The minimum Gasteiger partial charge on any atom is -0.507 e. The molecule has 0 amide bonds. The quantitative estimate of drug-likeness (QED) is 0.561. The van der Waals surface area contributed by atoms with Crippen molar-refractivity contribution in [3.05, 3.63) is 23.8 Å². The first-order valence-corrected chi connectivity index (χ1v) is 3.68. The van der Waals surface area contributed by atoms with Crippen LogP contribution in [0, 0.1) is 0 Å². The molecule has 0 saturated carbocycles. The summed E-state index contributed by atoms with van der Waals surface area (Å²) in [5, 5.41) is 9.14. The van der Waals surface area contributed by atoms with E-state index in [1.165, 1.54) is 19.2 Å². The van der Waals surface area contributed by atoms with Gasteiger partial charge in [-0.05, 0) is 18.2 Å². The van der Waals surface area contributed by atoms with Crippen molar-refractivity contribution in [3.63, 3.8) is 0 Å². The second kappa shape index (κ2) is 4.47. The molecule has 4 heteroatoms. The van der Waals surface area contributed by atoms with E-state index in [1.807, 2.05) is 0 Å². The number of hydrogen-bond donors (Lipinski definition) is 1. The summed E-state index contributed by atoms with van der Waals surface area (Å²) in [6, 6.07) is 4.40. The van der Waals surface area contributed by atoms with Gasteiger partial charge in [0.15, 0.2) is 13.1 Å². The Morgan fingerprint density at radius 2 is 2.31 bits per heavy atom. The number of aromatic hydroxyl groups is 1. The number of ether oxygens (including phenoxy) is 2. The first-order valence-electron chi connectivity index (χ1n) is 3.68. The molecule has 13 heavy (non-hydrogen) atoms. The van der Waals surface area contributed by atoms with Crippen molar-refractivity contribution in [3.8, 4) is 11.5 Å². The lowest BCUT2D eigenvalue weighted by molar-refractivity contribution is 0.0510. The van der Waals surface area contributed by atoms with Gasteiger partial charge >= 0.3 is 0 Å². The van der Waals surface area contributed by atoms with Crippen LogP contribution in [0.3, 0.4) is 0 Å². The fourth-order valence-electron chi connectivity index (χ4n) is 0.844. The van der Waals surface area contributed by atoms with Gasteiger partial charge in [-0.2, -0.15) is 0 Å². The van der Waals surface area contributed by atoms with Gasteiger partial charge in [-0.3, -0.25) is 4.79 Å². The number of phenols is 1. The number of methoxy groups -OCH3 is 1. The maximum absolute atomic E-state index is 10.4. The van der Waals surface area contributed by atoms with E-state index in [2.05, 4.69) is 4.74 Å². The molecule has 1 aromatic rings. The zero-order valence-electron chi connectivity index (χ0n) is 7.19. The van der Waals surface area contributed by atoms with E-state index >= 15 is 0 Å². The van der Waals surface area contributed by atoms with Gasteiger partial charge in [0.05, 0.1) is 5.56 Å². The highest BCUT2D eigenvalue weighted by Gasteiger charge is 2.01. The molecule has 0 spiro atoms. The summed E-state index contributed by atoms with van der Waals surface area (Å²) in [5.41, 5.74) is 0.202. The second-order valence-electron chi connectivity index (χ2n) is 2.39. The maximum atomic E-state index is 10.4. The number of benzene rings is 1.